The van der Waals surface area contributed by atoms with Crippen molar-refractivity contribution < 1.29 is 9.59 Å². The number of rotatable bonds is 4. The van der Waals surface area contributed by atoms with Crippen LogP contribution < -0.4 is 5.73 Å². The van der Waals surface area contributed by atoms with E-state index in [-0.39, 0.29) is 5.91 Å². The molecule has 11 nitrogen and oxygen atoms in total. The van der Waals surface area contributed by atoms with Gasteiger partial charge >= 0.3 is 6.03 Å². The molecule has 3 amide bonds. The van der Waals surface area contributed by atoms with Crippen molar-refractivity contribution in [2.24, 2.45) is 10.7 Å². The van der Waals surface area contributed by atoms with Gasteiger partial charge in [-0.15, -0.1) is 0 Å². The number of hydrogen-bond donors (Lipinski definition) is 1. The number of primary amides is 1. The predicted molar refractivity (Wildman–Crippen MR) is 149 cm³/mol. The van der Waals surface area contributed by atoms with Crippen molar-refractivity contribution in [3.8, 4) is 11.5 Å². The highest BCUT2D eigenvalue weighted by Gasteiger charge is 2.35. The molecule has 11 heteroatoms. The van der Waals surface area contributed by atoms with Crippen molar-refractivity contribution in [3.05, 3.63) is 72.3 Å². The molecule has 3 aromatic rings. The second kappa shape index (κ2) is 11.6. The molecular formula is C28H35N9O2. The Balaban J connectivity index is 0.000000292. The lowest BCUT2D eigenvalue weighted by atomic mass is 9.91. The van der Waals surface area contributed by atoms with E-state index in [2.05, 4.69) is 52.2 Å². The summed E-state index contributed by atoms with van der Waals surface area (Å²) in [5.41, 5.74) is 8.35. The number of aromatic nitrogens is 4. The highest BCUT2D eigenvalue weighted by Crippen LogP contribution is 2.31. The summed E-state index contributed by atoms with van der Waals surface area (Å²) in [6, 6.07) is 12.6. The number of piperidine rings is 1. The Hall–Kier alpha value is -4.25. The number of urea groups is 1. The van der Waals surface area contributed by atoms with Crippen LogP contribution in [0.5, 0.6) is 0 Å². The largest absolute Gasteiger partial charge is 0.351 e. The van der Waals surface area contributed by atoms with E-state index in [0.29, 0.717) is 18.5 Å². The first-order chi connectivity index (χ1) is 18.9. The standard InChI is InChI=1S/C23H28N6O.C5H7N3O/c1-17-4-6-20(7-5-17)29-23(28-11-3-10-24-28)14-22(25-29)19-8-12-26(13-9-19)21-15-27(16-21)18(2)30;6-5(9)8-3-1-2-7-4-8/h3-7,10-11,14,19,21H,8-9,12-13,15-16H2,1-2H3;1-2,4H,3H2,(H2,6,9). The summed E-state index contributed by atoms with van der Waals surface area (Å²) >= 11 is 0. The van der Waals surface area contributed by atoms with Crippen molar-refractivity contribution in [1.29, 1.82) is 0 Å². The van der Waals surface area contributed by atoms with E-state index in [0.717, 1.165) is 56.2 Å². The molecule has 0 aliphatic carbocycles. The van der Waals surface area contributed by atoms with Crippen molar-refractivity contribution in [2.75, 3.05) is 32.7 Å². The van der Waals surface area contributed by atoms with E-state index >= 15 is 0 Å². The van der Waals surface area contributed by atoms with Gasteiger partial charge in [0, 0.05) is 63.2 Å². The van der Waals surface area contributed by atoms with Crippen LogP contribution in [0.1, 0.15) is 36.9 Å². The first kappa shape index (κ1) is 26.4. The van der Waals surface area contributed by atoms with Crippen LogP contribution in [0.15, 0.2) is 66.1 Å². The summed E-state index contributed by atoms with van der Waals surface area (Å²) < 4.78 is 3.89. The smallest absolute Gasteiger partial charge is 0.320 e. The van der Waals surface area contributed by atoms with Gasteiger partial charge in [0.2, 0.25) is 5.91 Å². The zero-order valence-corrected chi connectivity index (χ0v) is 22.4. The molecule has 204 valence electrons. The second-order valence-corrected chi connectivity index (χ2v) is 10.2. The Kier molecular flexibility index (Phi) is 7.87. The third-order valence-electron chi connectivity index (χ3n) is 7.48. The fourth-order valence-corrected chi connectivity index (χ4v) is 5.07. The molecule has 1 aromatic carbocycles. The Morgan fingerprint density at radius 2 is 1.82 bits per heavy atom. The highest BCUT2D eigenvalue weighted by molar-refractivity contribution is 5.85. The lowest BCUT2D eigenvalue weighted by molar-refractivity contribution is -0.136. The van der Waals surface area contributed by atoms with Crippen LogP contribution in [0.25, 0.3) is 11.5 Å². The monoisotopic (exact) mass is 529 g/mol. The highest BCUT2D eigenvalue weighted by atomic mass is 16.2. The molecule has 3 aliphatic rings. The van der Waals surface area contributed by atoms with Crippen LogP contribution in [0.3, 0.4) is 0 Å². The summed E-state index contributed by atoms with van der Waals surface area (Å²) in [5, 5.41) is 9.45. The summed E-state index contributed by atoms with van der Waals surface area (Å²) in [6.07, 6.45) is 10.7. The molecule has 3 aliphatic heterocycles. The third kappa shape index (κ3) is 6.09. The van der Waals surface area contributed by atoms with E-state index in [4.69, 9.17) is 10.8 Å². The van der Waals surface area contributed by atoms with E-state index in [1.807, 2.05) is 26.5 Å². The van der Waals surface area contributed by atoms with Gasteiger partial charge < -0.3 is 10.6 Å². The van der Waals surface area contributed by atoms with Gasteiger partial charge in [0.1, 0.15) is 0 Å². The molecule has 0 saturated carbocycles. The molecule has 0 unspecified atom stereocenters. The van der Waals surface area contributed by atoms with Crippen LogP contribution in [0, 0.1) is 6.92 Å². The van der Waals surface area contributed by atoms with Crippen molar-refractivity contribution in [3.63, 3.8) is 0 Å². The number of amides is 3. The maximum Gasteiger partial charge on any atom is 0.320 e. The average molecular weight is 530 g/mol. The molecule has 0 bridgehead atoms. The van der Waals surface area contributed by atoms with Crippen molar-refractivity contribution in [2.45, 2.75) is 38.6 Å². The molecule has 6 rings (SSSR count). The van der Waals surface area contributed by atoms with E-state index in [1.54, 1.807) is 25.4 Å². The van der Waals surface area contributed by atoms with Gasteiger partial charge in [-0.3, -0.25) is 14.6 Å². The van der Waals surface area contributed by atoms with Crippen LogP contribution in [0.2, 0.25) is 0 Å². The molecule has 0 atom stereocenters. The molecule has 0 spiro atoms. The fraction of sp³-hybridized carbons (Fsp3) is 0.393. The summed E-state index contributed by atoms with van der Waals surface area (Å²) in [7, 11) is 0. The number of nitrogens with two attached hydrogens (primary N) is 1. The van der Waals surface area contributed by atoms with Gasteiger partial charge in [-0.1, -0.05) is 17.7 Å². The van der Waals surface area contributed by atoms with E-state index < -0.39 is 6.03 Å². The van der Waals surface area contributed by atoms with Crippen LogP contribution in [0.4, 0.5) is 4.79 Å². The first-order valence-corrected chi connectivity index (χ1v) is 13.3. The second-order valence-electron chi connectivity index (χ2n) is 10.2. The molecule has 2 saturated heterocycles. The SMILES string of the molecule is CC(=O)N1CC(N2CCC(c3cc(-n4cccn4)n(-c4ccc(C)cc4)n3)CC2)C1.NC(=O)N1C=NC=CC1. The number of benzene rings is 1. The number of likely N-dealkylation sites (tertiary alicyclic amines) is 2. The minimum Gasteiger partial charge on any atom is -0.351 e. The molecule has 5 heterocycles. The normalized spacial score (nSPS) is 18.0. The number of carbonyl (C=O) groups is 2. The first-order valence-electron chi connectivity index (χ1n) is 13.3. The predicted octanol–water partition coefficient (Wildman–Crippen LogP) is 2.70. The summed E-state index contributed by atoms with van der Waals surface area (Å²) in [6.45, 7) is 8.17. The maximum absolute atomic E-state index is 11.4. The van der Waals surface area contributed by atoms with Gasteiger partial charge in [0.15, 0.2) is 5.82 Å². The number of nitrogens with zero attached hydrogens (tertiary/aromatic N) is 8. The fourth-order valence-electron chi connectivity index (χ4n) is 5.07. The molecule has 39 heavy (non-hydrogen) atoms. The zero-order chi connectivity index (χ0) is 27.4. The Morgan fingerprint density at radius 3 is 2.38 bits per heavy atom. The summed E-state index contributed by atoms with van der Waals surface area (Å²) in [4.78, 5) is 31.3. The molecule has 0 radical (unpaired) electrons. The van der Waals surface area contributed by atoms with Crippen molar-refractivity contribution >= 4 is 18.3 Å². The molecule has 2 N–H and O–H groups in total. The van der Waals surface area contributed by atoms with Crippen molar-refractivity contribution in [1.82, 2.24) is 34.3 Å². The third-order valence-corrected chi connectivity index (χ3v) is 7.48. The topological polar surface area (TPSA) is 118 Å². The van der Waals surface area contributed by atoms with E-state index in [9.17, 15) is 9.59 Å². The van der Waals surface area contributed by atoms with Gasteiger partial charge in [0.25, 0.3) is 0 Å². The van der Waals surface area contributed by atoms with Gasteiger partial charge in [-0.2, -0.15) is 10.2 Å². The minimum atomic E-state index is -0.469. The van der Waals surface area contributed by atoms with E-state index in [1.165, 1.54) is 16.8 Å². The quantitative estimate of drug-likeness (QED) is 0.558. The molecule has 2 fully saturated rings. The van der Waals surface area contributed by atoms with Gasteiger partial charge in [-0.05, 0) is 57.1 Å². The Labute approximate surface area is 228 Å². The zero-order valence-electron chi connectivity index (χ0n) is 22.4. The lowest BCUT2D eigenvalue weighted by Crippen LogP contribution is -2.61. The number of aliphatic imine (C=N–C) groups is 1. The van der Waals surface area contributed by atoms with Crippen LogP contribution in [-0.2, 0) is 4.79 Å². The summed E-state index contributed by atoms with van der Waals surface area (Å²) in [5.74, 6) is 1.61. The molecule has 2 aromatic heterocycles. The number of aryl methyl sites for hydroxylation is 1. The van der Waals surface area contributed by atoms with Crippen LogP contribution >= 0.6 is 0 Å². The number of carbonyl (C=O) groups excluding carboxylic acids is 2. The lowest BCUT2D eigenvalue weighted by Gasteiger charge is -2.47. The number of hydrogen-bond acceptors (Lipinski definition) is 6. The van der Waals surface area contributed by atoms with Crippen LogP contribution in [-0.4, -0.2) is 91.3 Å². The maximum atomic E-state index is 11.4. The van der Waals surface area contributed by atoms with Gasteiger partial charge in [-0.25, -0.2) is 19.2 Å². The average Bonchev–Trinajstić information content (AvgIpc) is 3.60. The van der Waals surface area contributed by atoms with Gasteiger partial charge in [0.05, 0.1) is 17.7 Å². The molecular weight excluding hydrogens is 494 g/mol. The Morgan fingerprint density at radius 1 is 1.08 bits per heavy atom. The Bertz CT molecular complexity index is 1330. The minimum absolute atomic E-state index is 0.189.